The summed E-state index contributed by atoms with van der Waals surface area (Å²) in [6.07, 6.45) is 20.3. The van der Waals surface area contributed by atoms with Crippen LogP contribution in [0.4, 0.5) is 0 Å². The van der Waals surface area contributed by atoms with Crippen molar-refractivity contribution in [1.82, 2.24) is 24.5 Å². The van der Waals surface area contributed by atoms with Crippen LogP contribution in [0.5, 0.6) is 0 Å². The maximum absolute atomic E-state index is 11.9. The number of nitrogens with zero attached hydrogens (tertiary/aromatic N) is 5. The first-order valence-corrected chi connectivity index (χ1v) is 35.3. The highest BCUT2D eigenvalue weighted by Crippen LogP contribution is 2.25. The second kappa shape index (κ2) is 51.9. The summed E-state index contributed by atoms with van der Waals surface area (Å²) in [5.41, 5.74) is 0. The Bertz CT molecular complexity index is 2200. The van der Waals surface area contributed by atoms with Gasteiger partial charge in [0.05, 0.1) is 62.6 Å². The van der Waals surface area contributed by atoms with Gasteiger partial charge >= 0.3 is 41.8 Å². The van der Waals surface area contributed by atoms with Gasteiger partial charge in [0.15, 0.2) is 0 Å². The van der Waals surface area contributed by atoms with Crippen molar-refractivity contribution in [1.29, 1.82) is 0 Å². The van der Waals surface area contributed by atoms with Crippen molar-refractivity contribution >= 4 is 71.3 Å². The lowest BCUT2D eigenvalue weighted by molar-refractivity contribution is -0.149. The Kier molecular flexibility index (Phi) is 47.2. The van der Waals surface area contributed by atoms with E-state index in [0.717, 1.165) is 90.1 Å². The van der Waals surface area contributed by atoms with Crippen LogP contribution in [0.3, 0.4) is 0 Å². The lowest BCUT2D eigenvalue weighted by Gasteiger charge is -2.17. The molecule has 5 aliphatic heterocycles. The number of ether oxygens (including phenoxy) is 5. The molecule has 5 heterocycles. The summed E-state index contributed by atoms with van der Waals surface area (Å²) in [7, 11) is 0. The van der Waals surface area contributed by atoms with E-state index in [1.807, 2.05) is 25.7 Å². The smallest absolute Gasteiger partial charge is 0.311 e. The number of carboxylic acids is 2. The van der Waals surface area contributed by atoms with Crippen molar-refractivity contribution in [2.45, 2.75) is 229 Å². The van der Waals surface area contributed by atoms with E-state index in [-0.39, 0.29) is 116 Å². The Hall–Kier alpha value is -6.40. The fourth-order valence-corrected chi connectivity index (χ4v) is 10.5. The molecule has 5 amide bonds. The fourth-order valence-electron chi connectivity index (χ4n) is 10.5. The Labute approximate surface area is 559 Å². The number of hydrogen-bond donors (Lipinski definition) is 3. The minimum Gasteiger partial charge on any atom is -0.481 e. The highest BCUT2D eigenvalue weighted by Gasteiger charge is 2.39. The first-order chi connectivity index (χ1) is 45.0. The van der Waals surface area contributed by atoms with Gasteiger partial charge in [0.1, 0.15) is 0 Å². The highest BCUT2D eigenvalue weighted by molar-refractivity contribution is 5.89. The number of aliphatic hydroxyl groups is 1. The van der Waals surface area contributed by atoms with Gasteiger partial charge in [-0.1, -0.05) is 120 Å². The molecule has 5 saturated heterocycles. The zero-order valence-electron chi connectivity index (χ0n) is 58.4. The largest absolute Gasteiger partial charge is 0.481 e. The number of aliphatic carboxylic acids is 2. The molecule has 5 atom stereocenters. The Morgan fingerprint density at radius 2 is 0.585 bits per heavy atom. The third-order valence-electron chi connectivity index (χ3n) is 16.4. The molecule has 25 nitrogen and oxygen atoms in total. The van der Waals surface area contributed by atoms with Crippen LogP contribution in [0.1, 0.15) is 229 Å². The van der Waals surface area contributed by atoms with Crippen LogP contribution < -0.4 is 0 Å². The van der Waals surface area contributed by atoms with Crippen LogP contribution in [-0.2, 0) is 81.2 Å². The molecule has 0 bridgehead atoms. The second-order valence-corrected chi connectivity index (χ2v) is 25.3. The third-order valence-corrected chi connectivity index (χ3v) is 16.4. The minimum atomic E-state index is -0.873. The zero-order valence-corrected chi connectivity index (χ0v) is 58.4. The first-order valence-electron chi connectivity index (χ1n) is 35.3. The zero-order chi connectivity index (χ0) is 70.2. The summed E-state index contributed by atoms with van der Waals surface area (Å²) < 4.78 is 25.7. The third kappa shape index (κ3) is 37.6. The van der Waals surface area contributed by atoms with E-state index in [1.54, 1.807) is 19.6 Å². The van der Waals surface area contributed by atoms with Crippen molar-refractivity contribution in [3.8, 4) is 0 Å². The van der Waals surface area contributed by atoms with Crippen molar-refractivity contribution in [2.24, 2.45) is 35.5 Å². The summed E-state index contributed by atoms with van der Waals surface area (Å²) in [6, 6.07) is 0. The Morgan fingerprint density at radius 1 is 0.351 bits per heavy atom. The van der Waals surface area contributed by atoms with Gasteiger partial charge in [-0.3, -0.25) is 57.5 Å². The van der Waals surface area contributed by atoms with Gasteiger partial charge in [-0.25, -0.2) is 0 Å². The van der Waals surface area contributed by atoms with E-state index in [0.29, 0.717) is 123 Å². The van der Waals surface area contributed by atoms with Crippen LogP contribution in [0.25, 0.3) is 0 Å². The molecule has 0 aliphatic carbocycles. The summed E-state index contributed by atoms with van der Waals surface area (Å²) in [6.45, 7) is 24.0. The van der Waals surface area contributed by atoms with E-state index in [1.165, 1.54) is 32.1 Å². The van der Waals surface area contributed by atoms with E-state index >= 15 is 0 Å². The molecular formula is C69H119N5O20. The number of amides is 5. The lowest BCUT2D eigenvalue weighted by atomic mass is 10.1. The van der Waals surface area contributed by atoms with Crippen molar-refractivity contribution in [3.05, 3.63) is 0 Å². The number of unbranched alkanes of at least 4 members (excludes halogenated alkanes) is 10. The highest BCUT2D eigenvalue weighted by atomic mass is 16.5. The number of esters is 5. The molecular weight excluding hydrogens is 1220 g/mol. The summed E-state index contributed by atoms with van der Waals surface area (Å²) >= 11 is 0. The number of hydrogen-bond acceptors (Lipinski definition) is 18. The monoisotopic (exact) mass is 1340 g/mol. The topological polar surface area (TPSA) is 328 Å². The molecule has 0 aromatic heterocycles. The lowest BCUT2D eigenvalue weighted by Crippen LogP contribution is -2.28. The summed E-state index contributed by atoms with van der Waals surface area (Å²) in [5.74, 6) is -4.07. The molecule has 0 radical (unpaired) electrons. The molecule has 5 unspecified atom stereocenters. The van der Waals surface area contributed by atoms with Crippen LogP contribution in [0.15, 0.2) is 0 Å². The van der Waals surface area contributed by atoms with E-state index < -0.39 is 23.8 Å². The number of aliphatic hydroxyl groups excluding tert-OH is 1. The minimum absolute atomic E-state index is 0.0177. The molecule has 5 rings (SSSR count). The Morgan fingerprint density at radius 3 is 0.830 bits per heavy atom. The molecule has 25 heteroatoms. The number of likely N-dealkylation sites (tertiary alicyclic amines) is 5. The number of carbonyl (C=O) groups excluding carboxylic acids is 10. The molecule has 3 N–H and O–H groups in total. The number of carbonyl (C=O) groups is 12. The van der Waals surface area contributed by atoms with Crippen LogP contribution >= 0.6 is 0 Å². The molecule has 94 heavy (non-hydrogen) atoms. The molecule has 540 valence electrons. The van der Waals surface area contributed by atoms with Crippen LogP contribution in [-0.4, -0.2) is 216 Å². The van der Waals surface area contributed by atoms with Gasteiger partial charge in [0.2, 0.25) is 29.5 Å². The summed E-state index contributed by atoms with van der Waals surface area (Å²) in [5, 5.41) is 25.8. The van der Waals surface area contributed by atoms with Crippen molar-refractivity contribution < 1.29 is 96.5 Å². The molecule has 5 fully saturated rings. The van der Waals surface area contributed by atoms with Crippen LogP contribution in [0.2, 0.25) is 0 Å². The molecule has 0 saturated carbocycles. The maximum Gasteiger partial charge on any atom is 0.311 e. The summed E-state index contributed by atoms with van der Waals surface area (Å²) in [4.78, 5) is 146. The average Bonchev–Trinajstić information content (AvgIpc) is 2.27. The van der Waals surface area contributed by atoms with Gasteiger partial charge < -0.3 is 63.5 Å². The quantitative estimate of drug-likeness (QED) is 0.0294. The average molecular weight is 1340 g/mol. The Balaban J connectivity index is 0.000000588. The van der Waals surface area contributed by atoms with Gasteiger partial charge in [-0.2, -0.15) is 0 Å². The molecule has 0 spiro atoms. The van der Waals surface area contributed by atoms with Crippen molar-refractivity contribution in [3.63, 3.8) is 0 Å². The van der Waals surface area contributed by atoms with Gasteiger partial charge in [0.25, 0.3) is 0 Å². The maximum atomic E-state index is 11.9. The molecule has 5 aliphatic rings. The SMILES string of the molecule is CCCCCCCCN1CC(C(=O)OCCCC)CC1=O.CCCCOC(=O)C1CC(=O)N(CCC(C)C)C1.CCCCOC(=O)C1CC(=O)N(CCCC(=O)O)C1.CCCCOC(=O)C1CC(=O)N(CCCC(=O)O)C1.CCCCOC(=O)C1CC(=O)N(CCCO)C1. The van der Waals surface area contributed by atoms with Crippen LogP contribution in [0, 0.1) is 35.5 Å². The van der Waals surface area contributed by atoms with E-state index in [4.69, 9.17) is 39.0 Å². The first kappa shape index (κ1) is 85.6. The number of rotatable bonds is 41. The van der Waals surface area contributed by atoms with E-state index in [9.17, 15) is 57.5 Å². The second-order valence-electron chi connectivity index (χ2n) is 25.3. The predicted molar refractivity (Wildman–Crippen MR) is 351 cm³/mol. The normalized spacial score (nSPS) is 19.0. The molecule has 0 aromatic carbocycles. The van der Waals surface area contributed by atoms with Gasteiger partial charge in [0, 0.05) is 117 Å². The fraction of sp³-hybridized carbons (Fsp3) is 0.826. The number of carboxylic acid groups (broad SMARTS) is 2. The predicted octanol–water partition coefficient (Wildman–Crippen LogP) is 8.41. The molecule has 0 aromatic rings. The van der Waals surface area contributed by atoms with Gasteiger partial charge in [-0.05, 0) is 70.1 Å². The van der Waals surface area contributed by atoms with Gasteiger partial charge in [-0.15, -0.1) is 0 Å². The van der Waals surface area contributed by atoms with Crippen molar-refractivity contribution in [2.75, 3.05) is 105 Å². The standard InChI is InChI=1S/C17H31NO3.C14H25NO3.2C13H21NO5.C12H21NO4/c1-3-5-7-8-9-10-11-18-14-15(13-16(18)19)17(20)21-12-6-4-2;1-4-5-8-18-14(17)12-9-13(16)15(10-12)7-6-11(2)3;2*1-2-3-7-19-13(18)10-8-11(15)14(9-10)6-4-5-12(16)17;1-2-3-7-17-12(16)10-8-11(15)13(9-10)5-4-6-14/h15H,3-14H2,1-2H3;11-12H,4-10H2,1-3H3;2*10H,2-9H2,1H3,(H,16,17);10,14H,2-9H2,1H3. The van der Waals surface area contributed by atoms with E-state index in [2.05, 4.69) is 34.6 Å².